The lowest BCUT2D eigenvalue weighted by molar-refractivity contribution is 0.0387. The largest absolute Gasteiger partial charge is 0.488 e. The lowest BCUT2D eigenvalue weighted by Gasteiger charge is -2.38. The van der Waals surface area contributed by atoms with Gasteiger partial charge in [0.2, 0.25) is 10.0 Å². The molecular weight excluding hydrogens is 569 g/mol. The summed E-state index contributed by atoms with van der Waals surface area (Å²) < 4.78 is 52.2. The van der Waals surface area contributed by atoms with Crippen molar-refractivity contribution in [2.24, 2.45) is 5.92 Å². The van der Waals surface area contributed by atoms with Crippen LogP contribution in [0.4, 0.5) is 20.6 Å². The number of nitrogens with one attached hydrogen (secondary N) is 2. The first-order valence-corrected chi connectivity index (χ1v) is 14.7. The lowest BCUT2D eigenvalue weighted by atomic mass is 9.99. The first-order chi connectivity index (χ1) is 19.8. The SMILES string of the molecule is Cc1noc(C)c1NC(=O)Nc1ccc2c(c1)C(=O)N([C@H](C)CO)C[C@@H](C)[C@@H](CN(C)S(=O)(=O)c1ccc(F)cc1)O2. The van der Waals surface area contributed by atoms with Crippen molar-refractivity contribution in [2.75, 3.05) is 37.4 Å². The van der Waals surface area contributed by atoms with Crippen LogP contribution in [0.3, 0.4) is 0 Å². The third-order valence-corrected chi connectivity index (χ3v) is 8.99. The van der Waals surface area contributed by atoms with Gasteiger partial charge in [0.15, 0.2) is 5.76 Å². The number of urea groups is 1. The maximum Gasteiger partial charge on any atom is 0.323 e. The number of halogens is 1. The highest BCUT2D eigenvalue weighted by molar-refractivity contribution is 7.89. The summed E-state index contributed by atoms with van der Waals surface area (Å²) in [5.74, 6) is -0.692. The number of sulfonamides is 1. The van der Waals surface area contributed by atoms with Gasteiger partial charge in [0.05, 0.1) is 29.7 Å². The zero-order valence-electron chi connectivity index (χ0n) is 23.9. The number of ether oxygens (including phenoxy) is 1. The van der Waals surface area contributed by atoms with Crippen LogP contribution in [0.2, 0.25) is 0 Å². The predicted octanol–water partition coefficient (Wildman–Crippen LogP) is 3.62. The van der Waals surface area contributed by atoms with Gasteiger partial charge in [-0.1, -0.05) is 12.1 Å². The van der Waals surface area contributed by atoms with Gasteiger partial charge in [-0.25, -0.2) is 17.6 Å². The van der Waals surface area contributed by atoms with Crippen LogP contribution in [-0.4, -0.2) is 78.7 Å². The Bertz CT molecular complexity index is 1540. The minimum Gasteiger partial charge on any atom is -0.488 e. The molecule has 0 saturated heterocycles. The van der Waals surface area contributed by atoms with Crippen LogP contribution in [0, 0.1) is 25.6 Å². The second-order valence-electron chi connectivity index (χ2n) is 10.4. The number of nitrogens with zero attached hydrogens (tertiary/aromatic N) is 3. The van der Waals surface area contributed by atoms with E-state index in [1.165, 1.54) is 36.2 Å². The lowest BCUT2D eigenvalue weighted by Crippen LogP contribution is -2.50. The molecule has 226 valence electrons. The molecule has 2 heterocycles. The minimum absolute atomic E-state index is 0.0680. The molecule has 4 rings (SSSR count). The van der Waals surface area contributed by atoms with E-state index in [1.54, 1.807) is 26.8 Å². The molecule has 3 N–H and O–H groups in total. The summed E-state index contributed by atoms with van der Waals surface area (Å²) >= 11 is 0. The van der Waals surface area contributed by atoms with Gasteiger partial charge >= 0.3 is 6.03 Å². The van der Waals surface area contributed by atoms with Crippen molar-refractivity contribution in [3.05, 3.63) is 65.3 Å². The molecule has 42 heavy (non-hydrogen) atoms. The highest BCUT2D eigenvalue weighted by atomic mass is 32.2. The van der Waals surface area contributed by atoms with Crippen molar-refractivity contribution < 1.29 is 36.8 Å². The molecule has 2 aromatic carbocycles. The Balaban J connectivity index is 1.62. The number of hydrogen-bond donors (Lipinski definition) is 3. The van der Waals surface area contributed by atoms with Crippen molar-refractivity contribution in [3.8, 4) is 5.75 Å². The van der Waals surface area contributed by atoms with E-state index >= 15 is 0 Å². The smallest absolute Gasteiger partial charge is 0.323 e. The summed E-state index contributed by atoms with van der Waals surface area (Å²) in [7, 11) is -2.57. The zero-order chi connectivity index (χ0) is 30.8. The number of fused-ring (bicyclic) bond motifs is 1. The second-order valence-corrected chi connectivity index (χ2v) is 12.4. The average Bonchev–Trinajstić information content (AvgIpc) is 3.26. The van der Waals surface area contributed by atoms with Gasteiger partial charge in [-0.15, -0.1) is 0 Å². The van der Waals surface area contributed by atoms with Gasteiger partial charge in [0, 0.05) is 25.2 Å². The molecule has 3 aromatic rings. The van der Waals surface area contributed by atoms with E-state index in [4.69, 9.17) is 9.26 Å². The Kier molecular flexibility index (Phi) is 9.18. The van der Waals surface area contributed by atoms with Crippen LogP contribution >= 0.6 is 0 Å². The van der Waals surface area contributed by atoms with Gasteiger partial charge in [0.1, 0.15) is 29.1 Å². The predicted molar refractivity (Wildman–Crippen MR) is 152 cm³/mol. The Morgan fingerprint density at radius 2 is 1.90 bits per heavy atom. The number of hydrogen-bond acceptors (Lipinski definition) is 8. The number of aryl methyl sites for hydroxylation is 2. The molecule has 0 radical (unpaired) electrons. The van der Waals surface area contributed by atoms with Gasteiger partial charge in [-0.05, 0) is 63.2 Å². The fraction of sp³-hybridized carbons (Fsp3) is 0.393. The standard InChI is InChI=1S/C28H34FN5O7S/c1-16-13-34(17(2)15-35)27(36)23-12-21(30-28(37)31-26-18(3)32-41-19(26)4)8-11-24(23)40-25(16)14-33(5)42(38,39)22-9-6-20(29)7-10-22/h6-12,16-17,25,35H,13-15H2,1-5H3,(H2,30,31,37)/t16-,17-,25-/m1/s1. The average molecular weight is 604 g/mol. The highest BCUT2D eigenvalue weighted by Gasteiger charge is 2.35. The third kappa shape index (κ3) is 6.55. The molecule has 3 amide bonds. The van der Waals surface area contributed by atoms with E-state index < -0.39 is 39.9 Å². The van der Waals surface area contributed by atoms with Gasteiger partial charge in [-0.3, -0.25) is 4.79 Å². The quantitative estimate of drug-likeness (QED) is 0.353. The Morgan fingerprint density at radius 1 is 1.21 bits per heavy atom. The molecule has 0 spiro atoms. The molecule has 0 fully saturated rings. The number of likely N-dealkylation sites (N-methyl/N-ethyl adjacent to an activating group) is 1. The molecule has 0 saturated carbocycles. The molecule has 1 aliphatic rings. The number of carbonyl (C=O) groups excluding carboxylic acids is 2. The van der Waals surface area contributed by atoms with Crippen molar-refractivity contribution in [1.82, 2.24) is 14.4 Å². The first kappa shape index (κ1) is 30.9. The second kappa shape index (κ2) is 12.5. The van der Waals surface area contributed by atoms with Crippen molar-refractivity contribution in [3.63, 3.8) is 0 Å². The fourth-order valence-electron chi connectivity index (χ4n) is 4.59. The normalized spacial score (nSPS) is 18.1. The maximum absolute atomic E-state index is 13.7. The number of amides is 3. The minimum atomic E-state index is -3.97. The number of benzene rings is 2. The van der Waals surface area contributed by atoms with Crippen LogP contribution in [0.5, 0.6) is 5.75 Å². The summed E-state index contributed by atoms with van der Waals surface area (Å²) in [4.78, 5) is 27.8. The molecule has 1 aliphatic heterocycles. The third-order valence-electron chi connectivity index (χ3n) is 7.15. The monoisotopic (exact) mass is 603 g/mol. The molecule has 3 atom stereocenters. The fourth-order valence-corrected chi connectivity index (χ4v) is 5.78. The van der Waals surface area contributed by atoms with Crippen LogP contribution in [0.15, 0.2) is 51.9 Å². The van der Waals surface area contributed by atoms with Crippen molar-refractivity contribution in [1.29, 1.82) is 0 Å². The van der Waals surface area contributed by atoms with Crippen LogP contribution in [-0.2, 0) is 10.0 Å². The number of carbonyl (C=O) groups is 2. The Hall–Kier alpha value is -4.01. The molecule has 1 aromatic heterocycles. The number of rotatable bonds is 8. The van der Waals surface area contributed by atoms with Crippen LogP contribution in [0.25, 0.3) is 0 Å². The van der Waals surface area contributed by atoms with Gasteiger partial charge < -0.3 is 29.9 Å². The molecule has 0 unspecified atom stereocenters. The van der Waals surface area contributed by atoms with E-state index in [-0.39, 0.29) is 41.8 Å². The van der Waals surface area contributed by atoms with Crippen molar-refractivity contribution >= 4 is 33.3 Å². The number of anilines is 2. The zero-order valence-corrected chi connectivity index (χ0v) is 24.7. The molecular formula is C28H34FN5O7S. The Labute approximate surface area is 243 Å². The molecule has 14 heteroatoms. The van der Waals surface area contributed by atoms with E-state index in [2.05, 4.69) is 15.8 Å². The number of aliphatic hydroxyl groups excluding tert-OH is 1. The maximum atomic E-state index is 13.7. The Morgan fingerprint density at radius 3 is 2.52 bits per heavy atom. The van der Waals surface area contributed by atoms with Gasteiger partial charge in [0.25, 0.3) is 5.91 Å². The summed E-state index contributed by atoms with van der Waals surface area (Å²) in [5.41, 5.74) is 1.36. The number of aliphatic hydroxyl groups is 1. The molecule has 0 bridgehead atoms. The molecule has 0 aliphatic carbocycles. The van der Waals surface area contributed by atoms with Crippen LogP contribution in [0.1, 0.15) is 35.7 Å². The van der Waals surface area contributed by atoms with E-state index in [0.717, 1.165) is 16.4 Å². The first-order valence-electron chi connectivity index (χ1n) is 13.3. The summed E-state index contributed by atoms with van der Waals surface area (Å²) in [6, 6.07) is 7.96. The van der Waals surface area contributed by atoms with Crippen molar-refractivity contribution in [2.45, 2.75) is 44.7 Å². The summed E-state index contributed by atoms with van der Waals surface area (Å²) in [6.07, 6.45) is -0.702. The topological polar surface area (TPSA) is 154 Å². The van der Waals surface area contributed by atoms with Gasteiger partial charge in [-0.2, -0.15) is 4.31 Å². The van der Waals surface area contributed by atoms with Crippen LogP contribution < -0.4 is 15.4 Å². The van der Waals surface area contributed by atoms with E-state index in [9.17, 15) is 27.5 Å². The van der Waals surface area contributed by atoms with E-state index in [0.29, 0.717) is 22.8 Å². The summed E-state index contributed by atoms with van der Waals surface area (Å²) in [6.45, 7) is 6.67. The summed E-state index contributed by atoms with van der Waals surface area (Å²) in [5, 5.41) is 19.0. The molecule has 12 nitrogen and oxygen atoms in total. The highest BCUT2D eigenvalue weighted by Crippen LogP contribution is 2.31. The number of aromatic nitrogens is 1. The van der Waals surface area contributed by atoms with E-state index in [1.807, 2.05) is 6.92 Å².